The second-order valence-corrected chi connectivity index (χ2v) is 8.26. The van der Waals surface area contributed by atoms with Crippen LogP contribution in [0.25, 0.3) is 0 Å². The fourth-order valence-corrected chi connectivity index (χ4v) is 2.69. The van der Waals surface area contributed by atoms with Crippen molar-refractivity contribution in [3.63, 3.8) is 0 Å². The first-order valence-corrected chi connectivity index (χ1v) is 8.46. The number of nitrogens with one attached hydrogen (secondary N) is 1. The van der Waals surface area contributed by atoms with Gasteiger partial charge in [-0.15, -0.1) is 0 Å². The third-order valence-corrected chi connectivity index (χ3v) is 5.00. The molecule has 0 aromatic carbocycles. The average Bonchev–Trinajstić information content (AvgIpc) is 2.21. The quantitative estimate of drug-likeness (QED) is 0.684. The van der Waals surface area contributed by atoms with Crippen LogP contribution in [0.4, 0.5) is 0 Å². The van der Waals surface area contributed by atoms with Crippen LogP contribution in [0.1, 0.15) is 47.5 Å². The maximum Gasteiger partial charge on any atom is 0.150 e. The Morgan fingerprint density at radius 3 is 2.18 bits per heavy atom. The summed E-state index contributed by atoms with van der Waals surface area (Å²) >= 11 is 0. The molecule has 1 atom stereocenters. The minimum Gasteiger partial charge on any atom is -0.316 e. The summed E-state index contributed by atoms with van der Waals surface area (Å²) in [5.74, 6) is 0.987. The van der Waals surface area contributed by atoms with Gasteiger partial charge in [0.1, 0.15) is 9.84 Å². The molecule has 0 aliphatic carbocycles. The Morgan fingerprint density at radius 2 is 1.76 bits per heavy atom. The van der Waals surface area contributed by atoms with E-state index in [0.717, 1.165) is 25.9 Å². The predicted molar refractivity (Wildman–Crippen MR) is 75.1 cm³/mol. The maximum atomic E-state index is 11.5. The molecule has 0 spiro atoms. The molecular weight excluding hydrogens is 234 g/mol. The van der Waals surface area contributed by atoms with E-state index in [1.54, 1.807) is 6.92 Å². The molecular formula is C13H29NO2S. The van der Waals surface area contributed by atoms with Crippen molar-refractivity contribution in [1.29, 1.82) is 0 Å². The Hall–Kier alpha value is -0.0900. The third kappa shape index (κ3) is 7.77. The smallest absolute Gasteiger partial charge is 0.150 e. The van der Waals surface area contributed by atoms with Crippen LogP contribution in [-0.4, -0.2) is 33.0 Å². The Bertz CT molecular complexity index is 291. The summed E-state index contributed by atoms with van der Waals surface area (Å²) in [6, 6.07) is 0. The second-order valence-electron chi connectivity index (χ2n) is 5.79. The van der Waals surface area contributed by atoms with Crippen LogP contribution in [-0.2, 0) is 9.84 Å². The molecule has 1 unspecified atom stereocenters. The highest BCUT2D eigenvalue weighted by Gasteiger charge is 2.25. The first-order chi connectivity index (χ1) is 7.73. The summed E-state index contributed by atoms with van der Waals surface area (Å²) in [5.41, 5.74) is 0.157. The molecule has 0 aromatic rings. The second kappa shape index (κ2) is 7.37. The number of hydrogen-bond acceptors (Lipinski definition) is 3. The van der Waals surface area contributed by atoms with Crippen LogP contribution in [0.3, 0.4) is 0 Å². The van der Waals surface area contributed by atoms with Crippen molar-refractivity contribution in [1.82, 2.24) is 5.32 Å². The van der Waals surface area contributed by atoms with Crippen LogP contribution in [0, 0.1) is 11.3 Å². The van der Waals surface area contributed by atoms with E-state index in [1.807, 2.05) is 0 Å². The zero-order valence-electron chi connectivity index (χ0n) is 12.0. The van der Waals surface area contributed by atoms with E-state index >= 15 is 0 Å². The van der Waals surface area contributed by atoms with Crippen LogP contribution >= 0.6 is 0 Å². The normalized spacial score (nSPS) is 14.9. The van der Waals surface area contributed by atoms with E-state index in [0.29, 0.717) is 11.7 Å². The first-order valence-electron chi connectivity index (χ1n) is 6.64. The van der Waals surface area contributed by atoms with Gasteiger partial charge in [-0.25, -0.2) is 8.42 Å². The van der Waals surface area contributed by atoms with Crippen LogP contribution in [0.15, 0.2) is 0 Å². The lowest BCUT2D eigenvalue weighted by molar-refractivity contribution is 0.226. The van der Waals surface area contributed by atoms with Crippen molar-refractivity contribution < 1.29 is 8.42 Å². The third-order valence-electron chi connectivity index (χ3n) is 3.26. The Labute approximate surface area is 107 Å². The lowest BCUT2D eigenvalue weighted by Crippen LogP contribution is -2.33. The largest absolute Gasteiger partial charge is 0.316 e. The van der Waals surface area contributed by atoms with Gasteiger partial charge in [0, 0.05) is 5.75 Å². The molecule has 0 aliphatic rings. The molecule has 104 valence electrons. The average molecular weight is 263 g/mol. The predicted octanol–water partition coefficient (Wildman–Crippen LogP) is 2.47. The van der Waals surface area contributed by atoms with Gasteiger partial charge in [-0.3, -0.25) is 0 Å². The highest BCUT2D eigenvalue weighted by molar-refractivity contribution is 7.91. The fraction of sp³-hybridized carbons (Fsp3) is 1.00. The number of sulfone groups is 1. The van der Waals surface area contributed by atoms with Gasteiger partial charge in [-0.2, -0.15) is 0 Å². The van der Waals surface area contributed by atoms with Crippen LogP contribution < -0.4 is 5.32 Å². The van der Waals surface area contributed by atoms with E-state index in [-0.39, 0.29) is 11.2 Å². The molecule has 0 aromatic heterocycles. The van der Waals surface area contributed by atoms with Crippen molar-refractivity contribution in [3.05, 3.63) is 0 Å². The highest BCUT2D eigenvalue weighted by Crippen LogP contribution is 2.28. The SMILES string of the molecule is CCCNCC(CCS(=O)(=O)CC)C(C)(C)C. The van der Waals surface area contributed by atoms with E-state index in [1.165, 1.54) is 0 Å². The topological polar surface area (TPSA) is 46.2 Å². The zero-order chi connectivity index (χ0) is 13.5. The minimum absolute atomic E-state index is 0.157. The van der Waals surface area contributed by atoms with Crippen molar-refractivity contribution in [2.75, 3.05) is 24.6 Å². The van der Waals surface area contributed by atoms with Crippen LogP contribution in [0.5, 0.6) is 0 Å². The molecule has 0 saturated carbocycles. The van der Waals surface area contributed by atoms with Gasteiger partial charge in [-0.1, -0.05) is 34.6 Å². The van der Waals surface area contributed by atoms with E-state index in [4.69, 9.17) is 0 Å². The summed E-state index contributed by atoms with van der Waals surface area (Å²) < 4.78 is 23.1. The Kier molecular flexibility index (Phi) is 7.33. The van der Waals surface area contributed by atoms with Crippen molar-refractivity contribution >= 4 is 9.84 Å². The monoisotopic (exact) mass is 263 g/mol. The summed E-state index contributed by atoms with van der Waals surface area (Å²) in [6.07, 6.45) is 1.88. The van der Waals surface area contributed by atoms with Gasteiger partial charge in [0.15, 0.2) is 0 Å². The molecule has 3 nitrogen and oxygen atoms in total. The van der Waals surface area contributed by atoms with Crippen LogP contribution in [0.2, 0.25) is 0 Å². The van der Waals surface area contributed by atoms with Crippen molar-refractivity contribution in [2.45, 2.75) is 47.5 Å². The number of hydrogen-bond donors (Lipinski definition) is 1. The molecule has 0 amide bonds. The summed E-state index contributed by atoms with van der Waals surface area (Å²) in [7, 11) is -2.83. The lowest BCUT2D eigenvalue weighted by atomic mass is 9.79. The molecule has 0 saturated heterocycles. The minimum atomic E-state index is -2.83. The Balaban J connectivity index is 4.31. The molecule has 0 rings (SSSR count). The summed E-state index contributed by atoms with van der Waals surface area (Å²) in [4.78, 5) is 0. The highest BCUT2D eigenvalue weighted by atomic mass is 32.2. The fourth-order valence-electron chi connectivity index (χ4n) is 1.76. The molecule has 0 bridgehead atoms. The van der Waals surface area contributed by atoms with Gasteiger partial charge in [0.2, 0.25) is 0 Å². The Morgan fingerprint density at radius 1 is 1.18 bits per heavy atom. The standard InChI is InChI=1S/C13H29NO2S/c1-6-9-14-11-12(13(3,4)5)8-10-17(15,16)7-2/h12,14H,6-11H2,1-5H3. The molecule has 0 aliphatic heterocycles. The van der Waals surface area contributed by atoms with E-state index < -0.39 is 9.84 Å². The molecule has 0 fully saturated rings. The van der Waals surface area contributed by atoms with Gasteiger partial charge in [0.25, 0.3) is 0 Å². The number of rotatable bonds is 8. The maximum absolute atomic E-state index is 11.5. The summed E-state index contributed by atoms with van der Waals surface area (Å²) in [5, 5.41) is 3.40. The van der Waals surface area contributed by atoms with Gasteiger partial charge in [0.05, 0.1) is 5.75 Å². The molecule has 0 radical (unpaired) electrons. The van der Waals surface area contributed by atoms with E-state index in [2.05, 4.69) is 33.0 Å². The summed E-state index contributed by atoms with van der Waals surface area (Å²) in [6.45, 7) is 12.3. The van der Waals surface area contributed by atoms with Gasteiger partial charge >= 0.3 is 0 Å². The molecule has 4 heteroatoms. The van der Waals surface area contributed by atoms with E-state index in [9.17, 15) is 8.42 Å². The first kappa shape index (κ1) is 16.9. The van der Waals surface area contributed by atoms with Gasteiger partial charge < -0.3 is 5.32 Å². The zero-order valence-corrected chi connectivity index (χ0v) is 12.9. The molecule has 0 heterocycles. The van der Waals surface area contributed by atoms with Gasteiger partial charge in [-0.05, 0) is 37.3 Å². The molecule has 17 heavy (non-hydrogen) atoms. The lowest BCUT2D eigenvalue weighted by Gasteiger charge is -2.31. The van der Waals surface area contributed by atoms with Crippen molar-refractivity contribution in [2.24, 2.45) is 11.3 Å². The van der Waals surface area contributed by atoms with Crippen molar-refractivity contribution in [3.8, 4) is 0 Å². The molecule has 1 N–H and O–H groups in total.